The number of rotatable bonds is 18. The van der Waals surface area contributed by atoms with Gasteiger partial charge in [-0.1, -0.05) is 119 Å². The number of thiol groups is 1. The molecule has 0 saturated carbocycles. The number of hydrogen-bond acceptors (Lipinski definition) is 5. The van der Waals surface area contributed by atoms with E-state index in [4.69, 9.17) is 17.7 Å². The topological polar surface area (TPSA) is 22.1 Å². The van der Waals surface area contributed by atoms with Crippen LogP contribution in [0.15, 0.2) is 77.9 Å². The Hall–Kier alpha value is -2.40. The van der Waals surface area contributed by atoms with Gasteiger partial charge in [-0.15, -0.1) is 5.10 Å². The van der Waals surface area contributed by atoms with Gasteiger partial charge in [-0.2, -0.15) is 22.9 Å². The summed E-state index contributed by atoms with van der Waals surface area (Å²) >= 11 is 5.11. The lowest BCUT2D eigenvalue weighted by Crippen LogP contribution is -2.51. The first kappa shape index (κ1) is 29.2. The Bertz CT molecular complexity index is 915. The summed E-state index contributed by atoms with van der Waals surface area (Å²) in [5.74, 6) is 0.960. The molecule has 0 amide bonds. The van der Waals surface area contributed by atoms with Crippen LogP contribution in [-0.4, -0.2) is 27.9 Å². The molecule has 1 aliphatic rings. The lowest BCUT2D eigenvalue weighted by atomic mass is 10.1. The molecule has 2 aromatic rings. The third kappa shape index (κ3) is 9.45. The molecule has 202 valence electrons. The van der Waals surface area contributed by atoms with Crippen molar-refractivity contribution in [2.24, 2.45) is 5.10 Å². The zero-order valence-corrected chi connectivity index (χ0v) is 24.0. The molecule has 0 fully saturated rings. The summed E-state index contributed by atoms with van der Waals surface area (Å²) in [6.07, 6.45) is 21.5. The van der Waals surface area contributed by atoms with Gasteiger partial charge in [0.25, 0.3) is 0 Å². The van der Waals surface area contributed by atoms with Crippen LogP contribution in [0.1, 0.15) is 103 Å². The number of allylic oxidation sites excluding steroid dienone is 2. The summed E-state index contributed by atoms with van der Waals surface area (Å²) in [7, 11) is 0. The van der Waals surface area contributed by atoms with E-state index in [1.165, 1.54) is 77.0 Å². The zero-order valence-electron chi connectivity index (χ0n) is 23.1. The van der Waals surface area contributed by atoms with Gasteiger partial charge in [-0.3, -0.25) is 0 Å². The molecule has 0 aliphatic carbocycles. The zero-order chi connectivity index (χ0) is 26.1. The minimum absolute atomic E-state index is 0.0490. The molecular weight excluding hydrogens is 472 g/mol. The molecule has 0 N–H and O–H groups in total. The number of para-hydroxylation sites is 1. The maximum atomic E-state index is 5.11. The van der Waals surface area contributed by atoms with Crippen molar-refractivity contribution in [3.63, 3.8) is 0 Å². The summed E-state index contributed by atoms with van der Waals surface area (Å²) < 4.78 is 0. The van der Waals surface area contributed by atoms with Gasteiger partial charge in [-0.05, 0) is 51.2 Å². The van der Waals surface area contributed by atoms with Crippen molar-refractivity contribution in [3.8, 4) is 0 Å². The maximum absolute atomic E-state index is 5.11. The molecule has 3 rings (SSSR count). The number of benzene rings is 2. The largest absolute Gasteiger partial charge is 0.233 e. The Kier molecular flexibility index (Phi) is 13.5. The molecule has 1 atom stereocenters. The summed E-state index contributed by atoms with van der Waals surface area (Å²) in [6.45, 7) is 5.21. The van der Waals surface area contributed by atoms with E-state index in [-0.39, 0.29) is 5.37 Å². The van der Waals surface area contributed by atoms with Crippen LogP contribution in [0.25, 0.3) is 0 Å². The maximum Gasteiger partial charge on any atom is 0.179 e. The van der Waals surface area contributed by atoms with Gasteiger partial charge in [0.05, 0.1) is 17.6 Å². The van der Waals surface area contributed by atoms with Crippen molar-refractivity contribution < 1.29 is 0 Å². The minimum Gasteiger partial charge on any atom is -0.233 e. The number of hydrogen-bond donors (Lipinski definition) is 1. The number of hydrazone groups is 1. The molecule has 0 bridgehead atoms. The Balaban J connectivity index is 1.45. The molecule has 0 radical (unpaired) electrons. The minimum atomic E-state index is 0.0490. The summed E-state index contributed by atoms with van der Waals surface area (Å²) in [5.41, 5.74) is 2.22. The summed E-state index contributed by atoms with van der Waals surface area (Å²) in [6, 6.07) is 21.0. The van der Waals surface area contributed by atoms with Crippen molar-refractivity contribution in [2.45, 2.75) is 103 Å². The van der Waals surface area contributed by atoms with Crippen molar-refractivity contribution >= 4 is 24.2 Å². The Morgan fingerprint density at radius 2 is 1.30 bits per heavy atom. The molecule has 5 heteroatoms. The summed E-state index contributed by atoms with van der Waals surface area (Å²) in [5, 5.41) is 11.5. The van der Waals surface area contributed by atoms with Crippen molar-refractivity contribution in [2.75, 3.05) is 11.7 Å². The van der Waals surface area contributed by atoms with Crippen LogP contribution in [0.4, 0.5) is 5.69 Å². The van der Waals surface area contributed by atoms with Gasteiger partial charge >= 0.3 is 0 Å². The molecule has 0 spiro atoms. The highest BCUT2D eigenvalue weighted by molar-refractivity contribution is 7.80. The molecule has 0 aromatic heterocycles. The first-order valence-electron chi connectivity index (χ1n) is 14.6. The van der Waals surface area contributed by atoms with Crippen LogP contribution in [-0.2, 0) is 0 Å². The predicted molar refractivity (Wildman–Crippen MR) is 164 cm³/mol. The normalized spacial score (nSPS) is 14.6. The standard InChI is InChI=1S/C32H48N4S/c1-3-5-6-7-8-9-10-11-12-13-14-15-16-23-28-31(37)35-32(29-24-19-17-20-25-29)33-34(4-2)36(35)30-26-21-18-22-27-30/h11-12,17-22,24-27,31,37H,3-10,13-16,23,28H2,1-2H3/b12-11-. The molecule has 2 aromatic carbocycles. The van der Waals surface area contributed by atoms with Gasteiger partial charge in [0.1, 0.15) is 0 Å². The molecule has 0 saturated heterocycles. The van der Waals surface area contributed by atoms with E-state index in [1.54, 1.807) is 0 Å². The fraction of sp³-hybridized carbons (Fsp3) is 0.531. The number of anilines is 1. The molecule has 1 heterocycles. The Labute approximate surface area is 231 Å². The van der Waals surface area contributed by atoms with Crippen LogP contribution in [0, 0.1) is 0 Å². The predicted octanol–water partition coefficient (Wildman–Crippen LogP) is 9.23. The van der Waals surface area contributed by atoms with Gasteiger partial charge in [0, 0.05) is 5.56 Å². The third-order valence-electron chi connectivity index (χ3n) is 6.91. The van der Waals surface area contributed by atoms with E-state index in [0.717, 1.165) is 30.1 Å². The first-order valence-corrected chi connectivity index (χ1v) is 15.2. The van der Waals surface area contributed by atoms with E-state index in [2.05, 4.69) is 96.8 Å². The Morgan fingerprint density at radius 1 is 0.730 bits per heavy atom. The third-order valence-corrected chi connectivity index (χ3v) is 7.39. The molecule has 4 nitrogen and oxygen atoms in total. The van der Waals surface area contributed by atoms with E-state index < -0.39 is 0 Å². The second-order valence-electron chi connectivity index (χ2n) is 9.95. The van der Waals surface area contributed by atoms with E-state index in [0.29, 0.717) is 0 Å². The average molecular weight is 521 g/mol. The first-order chi connectivity index (χ1) is 18.3. The van der Waals surface area contributed by atoms with Gasteiger partial charge in [0.15, 0.2) is 5.84 Å². The number of nitrogens with zero attached hydrogens (tertiary/aromatic N) is 4. The van der Waals surface area contributed by atoms with Crippen molar-refractivity contribution in [1.82, 2.24) is 10.1 Å². The molecule has 1 unspecified atom stereocenters. The van der Waals surface area contributed by atoms with E-state index in [1.807, 2.05) is 5.12 Å². The lowest BCUT2D eigenvalue weighted by molar-refractivity contribution is 0.190. The fourth-order valence-corrected chi connectivity index (χ4v) is 5.20. The Morgan fingerprint density at radius 3 is 1.92 bits per heavy atom. The quantitative estimate of drug-likeness (QED) is 0.120. The molecule has 37 heavy (non-hydrogen) atoms. The average Bonchev–Trinajstić information content (AvgIpc) is 3.34. The highest BCUT2D eigenvalue weighted by atomic mass is 32.1. The monoisotopic (exact) mass is 520 g/mol. The van der Waals surface area contributed by atoms with Crippen LogP contribution >= 0.6 is 12.6 Å². The van der Waals surface area contributed by atoms with Crippen LogP contribution < -0.4 is 5.12 Å². The van der Waals surface area contributed by atoms with Gasteiger partial charge in [-0.25, -0.2) is 5.01 Å². The highest BCUT2D eigenvalue weighted by Gasteiger charge is 2.36. The second kappa shape index (κ2) is 17.2. The molecule has 1 aliphatic heterocycles. The lowest BCUT2D eigenvalue weighted by Gasteiger charge is -2.38. The van der Waals surface area contributed by atoms with Gasteiger partial charge < -0.3 is 0 Å². The van der Waals surface area contributed by atoms with Crippen LogP contribution in [0.3, 0.4) is 0 Å². The highest BCUT2D eigenvalue weighted by Crippen LogP contribution is 2.31. The molecular formula is C32H48N4S. The number of unbranched alkanes of at least 4 members (excludes halogenated alkanes) is 10. The second-order valence-corrected chi connectivity index (χ2v) is 10.5. The van der Waals surface area contributed by atoms with Gasteiger partial charge in [0.2, 0.25) is 0 Å². The van der Waals surface area contributed by atoms with Crippen LogP contribution in [0.5, 0.6) is 0 Å². The van der Waals surface area contributed by atoms with E-state index >= 15 is 0 Å². The fourth-order valence-electron chi connectivity index (χ4n) is 4.81. The van der Waals surface area contributed by atoms with Crippen molar-refractivity contribution in [3.05, 3.63) is 78.4 Å². The SMILES string of the molecule is CCCCCCCC/C=C\CCCCCCC(S)N1C(c2ccccc2)=NN(CC)N1c1ccccc1. The van der Waals surface area contributed by atoms with Crippen molar-refractivity contribution in [1.29, 1.82) is 0 Å². The number of hydrazine groups is 2. The van der Waals surface area contributed by atoms with E-state index in [9.17, 15) is 0 Å². The smallest absolute Gasteiger partial charge is 0.179 e. The van der Waals surface area contributed by atoms with Crippen LogP contribution in [0.2, 0.25) is 0 Å². The summed E-state index contributed by atoms with van der Waals surface area (Å²) in [4.78, 5) is 0. The number of amidine groups is 1.